The number of aromatic amines is 1. The molecule has 3 rings (SSSR count). The lowest BCUT2D eigenvalue weighted by atomic mass is 10.1. The van der Waals surface area contributed by atoms with Crippen LogP contribution in [0.2, 0.25) is 0 Å². The topological polar surface area (TPSA) is 53.9 Å². The first-order valence-electron chi connectivity index (χ1n) is 6.39. The van der Waals surface area contributed by atoms with Gasteiger partial charge in [-0.25, -0.2) is 13.9 Å². The Kier molecular flexibility index (Phi) is 3.40. The van der Waals surface area contributed by atoms with Crippen LogP contribution < -0.4 is 5.69 Å². The minimum absolute atomic E-state index is 0.135. The van der Waals surface area contributed by atoms with Crippen LogP contribution in [0.4, 0.5) is 0 Å². The second-order valence-corrected chi connectivity index (χ2v) is 5.21. The SMILES string of the molecule is O=c1[nH]c(-c2ccccc2)nn1C1CCN(Cl)CC1. The first-order chi connectivity index (χ1) is 9.24. The summed E-state index contributed by atoms with van der Waals surface area (Å²) in [7, 11) is 0. The van der Waals surface area contributed by atoms with Gasteiger partial charge in [0, 0.05) is 18.7 Å². The number of nitrogens with one attached hydrogen (secondary N) is 1. The third-order valence-electron chi connectivity index (χ3n) is 3.44. The van der Waals surface area contributed by atoms with Gasteiger partial charge in [0.15, 0.2) is 5.82 Å². The molecule has 0 amide bonds. The zero-order valence-electron chi connectivity index (χ0n) is 10.4. The number of nitrogens with zero attached hydrogens (tertiary/aromatic N) is 3. The molecule has 100 valence electrons. The standard InChI is InChI=1S/C13H15ClN4O/c14-17-8-6-11(7-9-17)18-13(19)15-12(16-18)10-4-2-1-3-5-10/h1-5,11H,6-9H2,(H,15,16,19). The average Bonchev–Trinajstić information content (AvgIpc) is 2.83. The summed E-state index contributed by atoms with van der Waals surface area (Å²) >= 11 is 5.93. The Labute approximate surface area is 115 Å². The summed E-state index contributed by atoms with van der Waals surface area (Å²) in [5.74, 6) is 0.624. The molecule has 2 aromatic rings. The average molecular weight is 279 g/mol. The molecule has 0 unspecified atom stereocenters. The van der Waals surface area contributed by atoms with Gasteiger partial charge in [0.25, 0.3) is 0 Å². The van der Waals surface area contributed by atoms with Crippen LogP contribution >= 0.6 is 11.8 Å². The second kappa shape index (κ2) is 5.19. The molecule has 0 spiro atoms. The number of H-pyrrole nitrogens is 1. The molecule has 2 heterocycles. The summed E-state index contributed by atoms with van der Waals surface area (Å²) in [5.41, 5.74) is 0.778. The van der Waals surface area contributed by atoms with Crippen LogP contribution in [0, 0.1) is 0 Å². The van der Waals surface area contributed by atoms with Gasteiger partial charge in [-0.1, -0.05) is 30.3 Å². The normalized spacial score (nSPS) is 17.7. The monoisotopic (exact) mass is 278 g/mol. The Morgan fingerprint density at radius 3 is 2.58 bits per heavy atom. The molecule has 0 aliphatic carbocycles. The molecule has 19 heavy (non-hydrogen) atoms. The molecule has 6 heteroatoms. The van der Waals surface area contributed by atoms with Gasteiger partial charge in [-0.2, -0.15) is 0 Å². The number of hydrogen-bond acceptors (Lipinski definition) is 3. The summed E-state index contributed by atoms with van der Waals surface area (Å²) in [6, 6.07) is 9.80. The van der Waals surface area contributed by atoms with Gasteiger partial charge in [0.1, 0.15) is 0 Å². The van der Waals surface area contributed by atoms with Crippen molar-refractivity contribution < 1.29 is 0 Å². The maximum Gasteiger partial charge on any atom is 0.343 e. The van der Waals surface area contributed by atoms with Crippen molar-refractivity contribution in [1.82, 2.24) is 19.2 Å². The molecule has 1 aromatic carbocycles. The second-order valence-electron chi connectivity index (χ2n) is 4.73. The van der Waals surface area contributed by atoms with Crippen molar-refractivity contribution in [3.63, 3.8) is 0 Å². The number of benzene rings is 1. The Hall–Kier alpha value is -1.59. The molecule has 1 aliphatic heterocycles. The predicted octanol–water partition coefficient (Wildman–Crippen LogP) is 2.03. The fourth-order valence-corrected chi connectivity index (χ4v) is 2.58. The smallest absolute Gasteiger partial charge is 0.289 e. The first-order valence-corrected chi connectivity index (χ1v) is 6.73. The maximum atomic E-state index is 12.0. The molecule has 0 bridgehead atoms. The van der Waals surface area contributed by atoms with Crippen LogP contribution in [0.25, 0.3) is 11.4 Å². The van der Waals surface area contributed by atoms with Gasteiger partial charge in [-0.15, -0.1) is 5.10 Å². The number of piperidine rings is 1. The van der Waals surface area contributed by atoms with Crippen LogP contribution in [-0.2, 0) is 0 Å². The van der Waals surface area contributed by atoms with E-state index in [0.717, 1.165) is 31.5 Å². The minimum atomic E-state index is -0.146. The molecule has 0 saturated carbocycles. The fraction of sp³-hybridized carbons (Fsp3) is 0.385. The molecule has 1 fully saturated rings. The summed E-state index contributed by atoms with van der Waals surface area (Å²) in [6.45, 7) is 1.57. The number of rotatable bonds is 2. The Morgan fingerprint density at radius 1 is 1.21 bits per heavy atom. The third kappa shape index (κ3) is 2.57. The van der Waals surface area contributed by atoms with Crippen molar-refractivity contribution >= 4 is 11.8 Å². The van der Waals surface area contributed by atoms with Crippen molar-refractivity contribution in [3.8, 4) is 11.4 Å². The van der Waals surface area contributed by atoms with Crippen LogP contribution in [-0.4, -0.2) is 32.3 Å². The molecule has 0 atom stereocenters. The van der Waals surface area contributed by atoms with Crippen LogP contribution in [0.15, 0.2) is 35.1 Å². The van der Waals surface area contributed by atoms with E-state index in [0.29, 0.717) is 5.82 Å². The van der Waals surface area contributed by atoms with Gasteiger partial charge in [-0.3, -0.25) is 4.98 Å². The molecule has 5 nitrogen and oxygen atoms in total. The number of hydrogen-bond donors (Lipinski definition) is 1. The highest BCUT2D eigenvalue weighted by Crippen LogP contribution is 2.22. The van der Waals surface area contributed by atoms with E-state index in [4.69, 9.17) is 11.8 Å². The lowest BCUT2D eigenvalue weighted by Crippen LogP contribution is -2.33. The zero-order valence-corrected chi connectivity index (χ0v) is 11.2. The highest BCUT2D eigenvalue weighted by Gasteiger charge is 2.22. The summed E-state index contributed by atoms with van der Waals surface area (Å²) < 4.78 is 3.32. The molecule has 1 aromatic heterocycles. The maximum absolute atomic E-state index is 12.0. The quantitative estimate of drug-likeness (QED) is 0.855. The third-order valence-corrected chi connectivity index (χ3v) is 3.78. The predicted molar refractivity (Wildman–Crippen MR) is 74.0 cm³/mol. The first kappa shape index (κ1) is 12.4. The summed E-state index contributed by atoms with van der Waals surface area (Å²) in [4.78, 5) is 14.8. The highest BCUT2D eigenvalue weighted by atomic mass is 35.5. The number of aromatic nitrogens is 3. The summed E-state index contributed by atoms with van der Waals surface area (Å²) in [6.07, 6.45) is 1.70. The van der Waals surface area contributed by atoms with Gasteiger partial charge < -0.3 is 0 Å². The zero-order chi connectivity index (χ0) is 13.2. The lowest BCUT2D eigenvalue weighted by molar-refractivity contribution is 0.264. The van der Waals surface area contributed by atoms with E-state index in [1.54, 1.807) is 9.10 Å². The van der Waals surface area contributed by atoms with E-state index in [-0.39, 0.29) is 11.7 Å². The van der Waals surface area contributed by atoms with Gasteiger partial charge in [0.2, 0.25) is 0 Å². The van der Waals surface area contributed by atoms with E-state index in [1.165, 1.54) is 0 Å². The molecule has 0 radical (unpaired) electrons. The highest BCUT2D eigenvalue weighted by molar-refractivity contribution is 6.13. The largest absolute Gasteiger partial charge is 0.343 e. The number of halogens is 1. The lowest BCUT2D eigenvalue weighted by Gasteiger charge is -2.26. The molecule has 1 aliphatic rings. The van der Waals surface area contributed by atoms with E-state index < -0.39 is 0 Å². The Morgan fingerprint density at radius 2 is 1.89 bits per heavy atom. The molecular formula is C13H15ClN4O. The molecular weight excluding hydrogens is 264 g/mol. The van der Waals surface area contributed by atoms with E-state index in [1.807, 2.05) is 30.3 Å². The van der Waals surface area contributed by atoms with Gasteiger partial charge in [-0.05, 0) is 24.6 Å². The van der Waals surface area contributed by atoms with Crippen LogP contribution in [0.3, 0.4) is 0 Å². The minimum Gasteiger partial charge on any atom is -0.289 e. The van der Waals surface area contributed by atoms with E-state index in [9.17, 15) is 4.79 Å². The summed E-state index contributed by atoms with van der Waals surface area (Å²) in [5, 5.41) is 4.42. The van der Waals surface area contributed by atoms with Crippen molar-refractivity contribution in [2.24, 2.45) is 0 Å². The van der Waals surface area contributed by atoms with Crippen molar-refractivity contribution in [2.45, 2.75) is 18.9 Å². The van der Waals surface area contributed by atoms with Gasteiger partial charge in [0.05, 0.1) is 6.04 Å². The van der Waals surface area contributed by atoms with Crippen molar-refractivity contribution in [3.05, 3.63) is 40.8 Å². The van der Waals surface area contributed by atoms with Crippen LogP contribution in [0.1, 0.15) is 18.9 Å². The van der Waals surface area contributed by atoms with E-state index in [2.05, 4.69) is 10.1 Å². The van der Waals surface area contributed by atoms with Crippen LogP contribution in [0.5, 0.6) is 0 Å². The Bertz CT molecular complexity index is 599. The fourth-order valence-electron chi connectivity index (χ4n) is 2.39. The molecule has 1 saturated heterocycles. The van der Waals surface area contributed by atoms with Crippen molar-refractivity contribution in [1.29, 1.82) is 0 Å². The van der Waals surface area contributed by atoms with E-state index >= 15 is 0 Å². The Balaban J connectivity index is 1.88. The van der Waals surface area contributed by atoms with Gasteiger partial charge >= 0.3 is 5.69 Å². The molecule has 1 N–H and O–H groups in total. The van der Waals surface area contributed by atoms with Crippen molar-refractivity contribution in [2.75, 3.05) is 13.1 Å².